The Morgan fingerprint density at radius 1 is 1.08 bits per heavy atom. The predicted molar refractivity (Wildman–Crippen MR) is 139 cm³/mol. The largest absolute Gasteiger partial charge is 0.492 e. The summed E-state index contributed by atoms with van der Waals surface area (Å²) in [5.41, 5.74) is 0.528. The van der Waals surface area contributed by atoms with Crippen LogP contribution < -0.4 is 10.1 Å². The number of nitrogens with one attached hydrogen (secondary N) is 1. The molecule has 0 radical (unpaired) electrons. The lowest BCUT2D eigenvalue weighted by Crippen LogP contribution is -2.46. The zero-order valence-corrected chi connectivity index (χ0v) is 23.1. The molecule has 36 heavy (non-hydrogen) atoms. The minimum absolute atomic E-state index is 0.109. The number of nitrogens with zero attached hydrogens (tertiary/aromatic N) is 2. The van der Waals surface area contributed by atoms with Crippen molar-refractivity contribution >= 4 is 49.2 Å². The molecule has 9 nitrogen and oxygen atoms in total. The Hall–Kier alpha value is -1.89. The Morgan fingerprint density at radius 3 is 2.42 bits per heavy atom. The highest BCUT2D eigenvalue weighted by atomic mass is 35.5. The zero-order chi connectivity index (χ0) is 26.5. The van der Waals surface area contributed by atoms with Gasteiger partial charge in [-0.3, -0.25) is 4.79 Å². The summed E-state index contributed by atoms with van der Waals surface area (Å²) in [4.78, 5) is 12.8. The molecular weight excluding hydrogens is 549 g/mol. The molecule has 0 aliphatic carbocycles. The molecule has 1 amide bonds. The molecule has 0 saturated carbocycles. The van der Waals surface area contributed by atoms with Crippen molar-refractivity contribution in [2.75, 3.05) is 40.3 Å². The Labute approximate surface area is 222 Å². The third kappa shape index (κ3) is 7.33. The van der Waals surface area contributed by atoms with Crippen molar-refractivity contribution in [2.24, 2.45) is 5.92 Å². The van der Waals surface area contributed by atoms with Gasteiger partial charge in [-0.15, -0.1) is 0 Å². The molecule has 1 heterocycles. The minimum Gasteiger partial charge on any atom is -0.492 e. The van der Waals surface area contributed by atoms with Crippen LogP contribution in [0.15, 0.2) is 47.4 Å². The number of benzene rings is 2. The number of halogens is 2. The van der Waals surface area contributed by atoms with Gasteiger partial charge in [-0.25, -0.2) is 25.4 Å². The van der Waals surface area contributed by atoms with E-state index in [2.05, 4.69) is 5.32 Å². The fraction of sp³-hybridized carbons (Fsp3) is 0.435. The van der Waals surface area contributed by atoms with E-state index >= 15 is 0 Å². The van der Waals surface area contributed by atoms with Gasteiger partial charge in [-0.05, 0) is 54.8 Å². The van der Waals surface area contributed by atoms with Gasteiger partial charge in [0.2, 0.25) is 26.0 Å². The fourth-order valence-corrected chi connectivity index (χ4v) is 6.57. The van der Waals surface area contributed by atoms with E-state index in [4.69, 9.17) is 27.9 Å². The van der Waals surface area contributed by atoms with Gasteiger partial charge in [-0.1, -0.05) is 29.3 Å². The van der Waals surface area contributed by atoms with Gasteiger partial charge in [-0.2, -0.15) is 0 Å². The van der Waals surface area contributed by atoms with E-state index in [0.29, 0.717) is 35.7 Å². The van der Waals surface area contributed by atoms with E-state index in [0.717, 1.165) is 4.31 Å². The summed E-state index contributed by atoms with van der Waals surface area (Å²) in [6.45, 7) is 0.870. The maximum atomic E-state index is 12.9. The standard InChI is InChI=1S/C23H29Cl2N3O6S2/c1-27(2)36(32,33)20-8-6-19(7-9-20)34-13-11-26-23(29)18-4-3-12-28(15-18)35(30,31)16-17-5-10-21(24)22(25)14-17/h5-10,14,18H,3-4,11-13,15-16H2,1-2H3,(H,26,29)/t18-/m0/s1. The molecule has 0 aromatic heterocycles. The maximum absolute atomic E-state index is 12.9. The second kappa shape index (κ2) is 12.1. The van der Waals surface area contributed by atoms with Gasteiger partial charge in [0.1, 0.15) is 12.4 Å². The minimum atomic E-state index is -3.63. The summed E-state index contributed by atoms with van der Waals surface area (Å²) in [6, 6.07) is 10.7. The van der Waals surface area contributed by atoms with Gasteiger partial charge in [0.25, 0.3) is 0 Å². The number of hydrogen-bond acceptors (Lipinski definition) is 6. The average molecular weight is 579 g/mol. The number of rotatable bonds is 10. The second-order valence-corrected chi connectivity index (χ2v) is 13.5. The maximum Gasteiger partial charge on any atom is 0.242 e. The Balaban J connectivity index is 1.48. The van der Waals surface area contributed by atoms with Crippen molar-refractivity contribution in [3.63, 3.8) is 0 Å². The van der Waals surface area contributed by atoms with Crippen LogP contribution in [0.4, 0.5) is 0 Å². The van der Waals surface area contributed by atoms with Crippen LogP contribution in [0.1, 0.15) is 18.4 Å². The van der Waals surface area contributed by atoms with Crippen LogP contribution in [-0.4, -0.2) is 71.7 Å². The van der Waals surface area contributed by atoms with E-state index < -0.39 is 26.0 Å². The normalized spacial score (nSPS) is 17.2. The van der Waals surface area contributed by atoms with E-state index in [1.54, 1.807) is 24.3 Å². The number of hydrogen-bond donors (Lipinski definition) is 1. The second-order valence-electron chi connectivity index (χ2n) is 8.60. The number of carbonyl (C=O) groups is 1. The molecule has 3 rings (SSSR count). The number of carbonyl (C=O) groups excluding carboxylic acids is 1. The van der Waals surface area contributed by atoms with E-state index in [-0.39, 0.29) is 41.3 Å². The molecule has 1 atom stereocenters. The Bertz CT molecular complexity index is 1290. The molecule has 1 aliphatic heterocycles. The molecular formula is C23H29Cl2N3O6S2. The quantitative estimate of drug-likeness (QED) is 0.434. The van der Waals surface area contributed by atoms with Gasteiger partial charge < -0.3 is 10.1 Å². The lowest BCUT2D eigenvalue weighted by atomic mass is 9.99. The van der Waals surface area contributed by atoms with Crippen molar-refractivity contribution < 1.29 is 26.4 Å². The highest BCUT2D eigenvalue weighted by Gasteiger charge is 2.32. The number of ether oxygens (including phenoxy) is 1. The fourth-order valence-electron chi connectivity index (χ4n) is 3.75. The van der Waals surface area contributed by atoms with Gasteiger partial charge in [0, 0.05) is 27.2 Å². The molecule has 13 heteroatoms. The third-order valence-corrected chi connectivity index (χ3v) is 10.1. The molecule has 198 valence electrons. The molecule has 2 aromatic carbocycles. The van der Waals surface area contributed by atoms with Crippen LogP contribution in [0.3, 0.4) is 0 Å². The summed E-state index contributed by atoms with van der Waals surface area (Å²) < 4.78 is 58.1. The van der Waals surface area contributed by atoms with Crippen molar-refractivity contribution in [2.45, 2.75) is 23.5 Å². The summed E-state index contributed by atoms with van der Waals surface area (Å²) in [5, 5.41) is 3.43. The first-order valence-corrected chi connectivity index (χ1v) is 15.1. The summed E-state index contributed by atoms with van der Waals surface area (Å²) in [5.74, 6) is -0.446. The lowest BCUT2D eigenvalue weighted by Gasteiger charge is -2.31. The molecule has 0 spiro atoms. The van der Waals surface area contributed by atoms with Crippen LogP contribution in [0, 0.1) is 5.92 Å². The average Bonchev–Trinajstić information content (AvgIpc) is 2.84. The highest BCUT2D eigenvalue weighted by molar-refractivity contribution is 7.89. The first kappa shape index (κ1) is 28.7. The smallest absolute Gasteiger partial charge is 0.242 e. The van der Waals surface area contributed by atoms with Crippen LogP contribution in [0.5, 0.6) is 5.75 Å². The van der Waals surface area contributed by atoms with E-state index in [9.17, 15) is 21.6 Å². The van der Waals surface area contributed by atoms with Crippen molar-refractivity contribution in [3.05, 3.63) is 58.1 Å². The summed E-state index contributed by atoms with van der Waals surface area (Å²) in [7, 11) is -4.23. The van der Waals surface area contributed by atoms with Crippen LogP contribution in [-0.2, 0) is 30.6 Å². The number of sulfonamides is 2. The van der Waals surface area contributed by atoms with Crippen molar-refractivity contribution in [3.8, 4) is 5.75 Å². The molecule has 1 saturated heterocycles. The zero-order valence-electron chi connectivity index (χ0n) is 20.0. The molecule has 1 N–H and O–H groups in total. The lowest BCUT2D eigenvalue weighted by molar-refractivity contribution is -0.126. The molecule has 1 fully saturated rings. The van der Waals surface area contributed by atoms with E-state index in [1.165, 1.54) is 36.6 Å². The van der Waals surface area contributed by atoms with Crippen molar-refractivity contribution in [1.82, 2.24) is 13.9 Å². The molecule has 0 bridgehead atoms. The predicted octanol–water partition coefficient (Wildman–Crippen LogP) is 2.98. The van der Waals surface area contributed by atoms with Crippen molar-refractivity contribution in [1.29, 1.82) is 0 Å². The monoisotopic (exact) mass is 577 g/mol. The first-order chi connectivity index (χ1) is 16.9. The number of piperidine rings is 1. The number of amides is 1. The Morgan fingerprint density at radius 2 is 1.78 bits per heavy atom. The summed E-state index contributed by atoms with van der Waals surface area (Å²) in [6.07, 6.45) is 1.17. The molecule has 1 aliphatic rings. The SMILES string of the molecule is CN(C)S(=O)(=O)c1ccc(OCCNC(=O)[C@H]2CCCN(S(=O)(=O)Cc3ccc(Cl)c(Cl)c3)C2)cc1. The third-order valence-electron chi connectivity index (χ3n) is 5.75. The van der Waals surface area contributed by atoms with Crippen LogP contribution >= 0.6 is 23.2 Å². The van der Waals surface area contributed by atoms with E-state index in [1.807, 2.05) is 0 Å². The summed E-state index contributed by atoms with van der Waals surface area (Å²) >= 11 is 11.9. The molecule has 2 aromatic rings. The van der Waals surface area contributed by atoms with Crippen LogP contribution in [0.2, 0.25) is 10.0 Å². The topological polar surface area (TPSA) is 113 Å². The highest BCUT2D eigenvalue weighted by Crippen LogP contribution is 2.26. The molecule has 0 unspecified atom stereocenters. The first-order valence-electron chi connectivity index (χ1n) is 11.2. The van der Waals surface area contributed by atoms with Crippen LogP contribution in [0.25, 0.3) is 0 Å². The Kier molecular flexibility index (Phi) is 9.64. The van der Waals surface area contributed by atoms with Gasteiger partial charge in [0.15, 0.2) is 0 Å². The van der Waals surface area contributed by atoms with Gasteiger partial charge in [0.05, 0.1) is 33.2 Å². The van der Waals surface area contributed by atoms with Gasteiger partial charge >= 0.3 is 0 Å².